The van der Waals surface area contributed by atoms with Gasteiger partial charge in [0, 0.05) is 35.9 Å². The Morgan fingerprint density at radius 3 is 2.48 bits per heavy atom. The molecule has 1 heterocycles. The van der Waals surface area contributed by atoms with E-state index in [9.17, 15) is 13.2 Å². The molecule has 0 radical (unpaired) electrons. The van der Waals surface area contributed by atoms with Gasteiger partial charge in [-0.3, -0.25) is 4.79 Å². The summed E-state index contributed by atoms with van der Waals surface area (Å²) in [5.74, 6) is -0.203. The Morgan fingerprint density at radius 1 is 1.14 bits per heavy atom. The number of halogens is 1. The van der Waals surface area contributed by atoms with Gasteiger partial charge in [0.25, 0.3) is 5.91 Å². The topological polar surface area (TPSA) is 78.5 Å². The Morgan fingerprint density at radius 2 is 1.83 bits per heavy atom. The fourth-order valence-corrected chi connectivity index (χ4v) is 5.26. The molecule has 3 rings (SSSR count). The summed E-state index contributed by atoms with van der Waals surface area (Å²) in [7, 11) is -3.84. The molecule has 29 heavy (non-hydrogen) atoms. The van der Waals surface area contributed by atoms with Gasteiger partial charge in [0.1, 0.15) is 4.90 Å². The van der Waals surface area contributed by atoms with E-state index in [1.807, 2.05) is 30.3 Å². The summed E-state index contributed by atoms with van der Waals surface area (Å²) >= 11 is 6.13. The smallest absolute Gasteiger partial charge is 0.253 e. The Kier molecular flexibility index (Phi) is 6.22. The molecule has 2 aromatic rings. The molecule has 1 amide bonds. The number of hydrogen-bond acceptors (Lipinski definition) is 4. The van der Waals surface area contributed by atoms with E-state index in [-0.39, 0.29) is 21.9 Å². The van der Waals surface area contributed by atoms with Crippen molar-refractivity contribution >= 4 is 33.2 Å². The normalized spacial score (nSPS) is 17.4. The average molecular weight is 436 g/mol. The number of nitrogens with one attached hydrogen (secondary N) is 2. The SMILES string of the molecule is CC(C)(C)NS(=O)(=O)c1cc(C(=O)N2CCC(Nc3ccccc3)C2)ccc1Cl. The summed E-state index contributed by atoms with van der Waals surface area (Å²) in [4.78, 5) is 14.6. The van der Waals surface area contributed by atoms with Gasteiger partial charge in [-0.2, -0.15) is 0 Å². The van der Waals surface area contributed by atoms with Crippen molar-refractivity contribution in [1.29, 1.82) is 0 Å². The summed E-state index contributed by atoms with van der Waals surface area (Å²) in [6.07, 6.45) is 0.824. The van der Waals surface area contributed by atoms with E-state index in [0.29, 0.717) is 18.7 Å². The van der Waals surface area contributed by atoms with Crippen LogP contribution in [-0.2, 0) is 10.0 Å². The minimum Gasteiger partial charge on any atom is -0.380 e. The number of carbonyl (C=O) groups excluding carboxylic acids is 1. The van der Waals surface area contributed by atoms with E-state index in [0.717, 1.165) is 12.1 Å². The molecule has 1 unspecified atom stereocenters. The van der Waals surface area contributed by atoms with Gasteiger partial charge >= 0.3 is 0 Å². The van der Waals surface area contributed by atoms with E-state index in [4.69, 9.17) is 11.6 Å². The van der Waals surface area contributed by atoms with Gasteiger partial charge in [-0.15, -0.1) is 0 Å². The highest BCUT2D eigenvalue weighted by molar-refractivity contribution is 7.89. The van der Waals surface area contributed by atoms with Crippen LogP contribution in [0.2, 0.25) is 5.02 Å². The zero-order chi connectivity index (χ0) is 21.2. The van der Waals surface area contributed by atoms with Crippen LogP contribution in [0.15, 0.2) is 53.4 Å². The Labute approximate surface area is 177 Å². The summed E-state index contributed by atoms with van der Waals surface area (Å²) in [5, 5.41) is 3.51. The molecule has 0 aromatic heterocycles. The lowest BCUT2D eigenvalue weighted by atomic mass is 10.1. The van der Waals surface area contributed by atoms with Crippen LogP contribution in [0.3, 0.4) is 0 Å². The van der Waals surface area contributed by atoms with Crippen molar-refractivity contribution in [1.82, 2.24) is 9.62 Å². The molecule has 1 aliphatic heterocycles. The van der Waals surface area contributed by atoms with Gasteiger partial charge in [-0.25, -0.2) is 13.1 Å². The molecule has 2 N–H and O–H groups in total. The number of para-hydroxylation sites is 1. The third-order valence-electron chi connectivity index (χ3n) is 4.53. The largest absolute Gasteiger partial charge is 0.380 e. The molecule has 1 saturated heterocycles. The van der Waals surface area contributed by atoms with Gasteiger partial charge < -0.3 is 10.2 Å². The van der Waals surface area contributed by atoms with Crippen molar-refractivity contribution in [3.05, 3.63) is 59.1 Å². The van der Waals surface area contributed by atoms with E-state index in [1.54, 1.807) is 31.7 Å². The number of sulfonamides is 1. The van der Waals surface area contributed by atoms with E-state index < -0.39 is 15.6 Å². The van der Waals surface area contributed by atoms with E-state index in [2.05, 4.69) is 10.0 Å². The molecule has 156 valence electrons. The van der Waals surface area contributed by atoms with Gasteiger partial charge in [-0.1, -0.05) is 29.8 Å². The van der Waals surface area contributed by atoms with Gasteiger partial charge in [0.05, 0.1) is 5.02 Å². The maximum atomic E-state index is 13.0. The fraction of sp³-hybridized carbons (Fsp3) is 0.381. The number of rotatable bonds is 5. The van der Waals surface area contributed by atoms with Gasteiger partial charge in [-0.05, 0) is 57.5 Å². The predicted molar refractivity (Wildman–Crippen MR) is 116 cm³/mol. The molecule has 2 aromatic carbocycles. The van der Waals surface area contributed by atoms with Crippen molar-refractivity contribution in [3.63, 3.8) is 0 Å². The van der Waals surface area contributed by atoms with Crippen molar-refractivity contribution < 1.29 is 13.2 Å². The van der Waals surface area contributed by atoms with Crippen LogP contribution in [0.25, 0.3) is 0 Å². The van der Waals surface area contributed by atoms with Crippen molar-refractivity contribution in [2.45, 2.75) is 43.7 Å². The number of nitrogens with zero attached hydrogens (tertiary/aromatic N) is 1. The van der Waals surface area contributed by atoms with E-state index >= 15 is 0 Å². The van der Waals surface area contributed by atoms with Crippen molar-refractivity contribution in [2.75, 3.05) is 18.4 Å². The first kappa shape index (κ1) is 21.6. The van der Waals surface area contributed by atoms with Crippen LogP contribution in [0.4, 0.5) is 5.69 Å². The molecule has 1 atom stereocenters. The highest BCUT2D eigenvalue weighted by Crippen LogP contribution is 2.26. The second-order valence-corrected chi connectivity index (χ2v) is 10.3. The zero-order valence-corrected chi connectivity index (χ0v) is 18.3. The zero-order valence-electron chi connectivity index (χ0n) is 16.8. The summed E-state index contributed by atoms with van der Waals surface area (Å²) in [6, 6.07) is 14.4. The lowest BCUT2D eigenvalue weighted by Gasteiger charge is -2.22. The average Bonchev–Trinajstić information content (AvgIpc) is 3.08. The lowest BCUT2D eigenvalue weighted by molar-refractivity contribution is 0.0791. The van der Waals surface area contributed by atoms with Crippen molar-refractivity contribution in [2.24, 2.45) is 0 Å². The second kappa shape index (κ2) is 8.34. The number of amides is 1. The first-order valence-corrected chi connectivity index (χ1v) is 11.4. The first-order chi connectivity index (χ1) is 13.5. The number of anilines is 1. The summed E-state index contributed by atoms with van der Waals surface area (Å²) in [5.41, 5.74) is 0.664. The second-order valence-electron chi connectivity index (χ2n) is 8.25. The minimum atomic E-state index is -3.84. The standard InChI is InChI=1S/C21H26ClN3O3S/c1-21(2,3)24-29(27,28)19-13-15(9-10-18(19)22)20(26)25-12-11-17(14-25)23-16-7-5-4-6-8-16/h4-10,13,17,23-24H,11-12,14H2,1-3H3. The number of hydrogen-bond donors (Lipinski definition) is 2. The fourth-order valence-electron chi connectivity index (χ4n) is 3.32. The molecule has 0 aliphatic carbocycles. The number of benzene rings is 2. The van der Waals surface area contributed by atoms with Crippen LogP contribution in [-0.4, -0.2) is 43.9 Å². The summed E-state index contributed by atoms with van der Waals surface area (Å²) in [6.45, 7) is 6.40. The lowest BCUT2D eigenvalue weighted by Crippen LogP contribution is -2.40. The molecule has 8 heteroatoms. The van der Waals surface area contributed by atoms with Crippen LogP contribution in [0.5, 0.6) is 0 Å². The third kappa shape index (κ3) is 5.50. The minimum absolute atomic E-state index is 0.0851. The Bertz CT molecular complexity index is 988. The quantitative estimate of drug-likeness (QED) is 0.749. The predicted octanol–water partition coefficient (Wildman–Crippen LogP) is 3.74. The number of carbonyl (C=O) groups is 1. The molecular formula is C21H26ClN3O3S. The van der Waals surface area contributed by atoms with Gasteiger partial charge in [0.15, 0.2) is 0 Å². The van der Waals surface area contributed by atoms with Crippen LogP contribution in [0.1, 0.15) is 37.6 Å². The molecular weight excluding hydrogens is 410 g/mol. The third-order valence-corrected chi connectivity index (χ3v) is 6.77. The molecule has 0 spiro atoms. The van der Waals surface area contributed by atoms with Crippen molar-refractivity contribution in [3.8, 4) is 0 Å². The van der Waals surface area contributed by atoms with Crippen LogP contribution >= 0.6 is 11.6 Å². The summed E-state index contributed by atoms with van der Waals surface area (Å²) < 4.78 is 28.0. The maximum absolute atomic E-state index is 13.0. The molecule has 1 fully saturated rings. The Balaban J connectivity index is 1.75. The molecule has 1 aliphatic rings. The number of likely N-dealkylation sites (tertiary alicyclic amines) is 1. The molecule has 0 bridgehead atoms. The maximum Gasteiger partial charge on any atom is 0.253 e. The monoisotopic (exact) mass is 435 g/mol. The van der Waals surface area contributed by atoms with E-state index in [1.165, 1.54) is 12.1 Å². The highest BCUT2D eigenvalue weighted by atomic mass is 35.5. The molecule has 6 nitrogen and oxygen atoms in total. The first-order valence-electron chi connectivity index (χ1n) is 9.49. The molecule has 0 saturated carbocycles. The van der Waals surface area contributed by atoms with Gasteiger partial charge in [0.2, 0.25) is 10.0 Å². The highest BCUT2D eigenvalue weighted by Gasteiger charge is 2.29. The van der Waals surface area contributed by atoms with Crippen LogP contribution in [0, 0.1) is 0 Å². The van der Waals surface area contributed by atoms with Crippen LogP contribution < -0.4 is 10.0 Å². The Hall–Kier alpha value is -2.09.